The van der Waals surface area contributed by atoms with Crippen LogP contribution >= 0.6 is 0 Å². The lowest BCUT2D eigenvalue weighted by Crippen LogP contribution is -2.57. The lowest BCUT2D eigenvalue weighted by molar-refractivity contribution is 0.143. The molecule has 1 aromatic rings. The molecule has 2 atom stereocenters. The van der Waals surface area contributed by atoms with Crippen molar-refractivity contribution in [2.45, 2.75) is 31.8 Å². The van der Waals surface area contributed by atoms with E-state index in [1.54, 1.807) is 4.90 Å². The van der Waals surface area contributed by atoms with E-state index in [0.29, 0.717) is 19.5 Å². The summed E-state index contributed by atoms with van der Waals surface area (Å²) in [5.74, 6) is 0. The number of piperidine rings is 1. The molecule has 106 valence electrons. The van der Waals surface area contributed by atoms with Crippen LogP contribution in [0.15, 0.2) is 30.3 Å². The monoisotopic (exact) mass is 286 g/mol. The van der Waals surface area contributed by atoms with Crippen molar-refractivity contribution in [1.82, 2.24) is 9.62 Å². The minimum atomic E-state index is -4.12. The summed E-state index contributed by atoms with van der Waals surface area (Å²) < 4.78 is 49.8. The lowest BCUT2D eigenvalue weighted by atomic mass is 9.92. The molecule has 2 unspecified atom stereocenters. The maximum Gasteiger partial charge on any atom is 0.274 e. The maximum absolute atomic E-state index is 11.4. The fraction of sp³-hybridized carbons (Fsp3) is 0.538. The highest BCUT2D eigenvalue weighted by Gasteiger charge is 2.33. The van der Waals surface area contributed by atoms with E-state index in [0.717, 1.165) is 5.56 Å². The van der Waals surface area contributed by atoms with Gasteiger partial charge in [0.15, 0.2) is 0 Å². The van der Waals surface area contributed by atoms with Crippen LogP contribution in [-0.4, -0.2) is 31.9 Å². The first-order chi connectivity index (χ1) is 10.1. The molecule has 1 aliphatic rings. The van der Waals surface area contributed by atoms with E-state index in [4.69, 9.17) is 9.25 Å². The average molecular weight is 286 g/mol. The Morgan fingerprint density at radius 3 is 2.79 bits per heavy atom. The van der Waals surface area contributed by atoms with Gasteiger partial charge >= 0.3 is 0 Å². The van der Waals surface area contributed by atoms with Crippen LogP contribution in [0.25, 0.3) is 0 Å². The first-order valence-electron chi connectivity index (χ1n) is 7.67. The fourth-order valence-corrected chi connectivity index (χ4v) is 2.94. The number of nitrogens with zero attached hydrogens (tertiary/aromatic N) is 1. The van der Waals surface area contributed by atoms with Crippen LogP contribution < -0.4 is 9.86 Å². The number of likely N-dealkylation sites (tertiary alicyclic amines) is 1. The average Bonchev–Trinajstić information content (AvgIpc) is 2.40. The Hall–Kier alpha value is -0.950. The molecule has 0 amide bonds. The van der Waals surface area contributed by atoms with Crippen molar-refractivity contribution in [2.24, 2.45) is 5.14 Å². The largest absolute Gasteiger partial charge is 0.297 e. The van der Waals surface area contributed by atoms with Gasteiger partial charge in [-0.1, -0.05) is 30.3 Å². The van der Waals surface area contributed by atoms with E-state index in [1.807, 2.05) is 30.3 Å². The third-order valence-electron chi connectivity index (χ3n) is 2.91. The standard InChI is InChI=1S/C13H21N3O2S/c1-13(15-19(14,17)18)8-5-9-16(11-13)10-12-6-3-2-4-7-12/h2-4,6-7,15H,5,8-11H2,1H3,(H2,14,17,18)/i8D,11D2. The molecule has 0 saturated carbocycles. The van der Waals surface area contributed by atoms with Gasteiger partial charge in [0.05, 0.1) is 0 Å². The van der Waals surface area contributed by atoms with Crippen LogP contribution in [-0.2, 0) is 16.8 Å². The first-order valence-corrected chi connectivity index (χ1v) is 7.64. The quantitative estimate of drug-likeness (QED) is 0.861. The molecule has 1 aliphatic heterocycles. The Bertz CT molecular complexity index is 627. The highest BCUT2D eigenvalue weighted by molar-refractivity contribution is 7.87. The molecule has 2 rings (SSSR count). The van der Waals surface area contributed by atoms with E-state index in [2.05, 4.69) is 4.72 Å². The molecule has 5 nitrogen and oxygen atoms in total. The zero-order chi connectivity index (χ0) is 16.6. The second-order valence-electron chi connectivity index (χ2n) is 4.86. The second-order valence-corrected chi connectivity index (χ2v) is 6.16. The number of hydrogen-bond acceptors (Lipinski definition) is 3. The molecule has 3 N–H and O–H groups in total. The van der Waals surface area contributed by atoms with E-state index < -0.39 is 28.6 Å². The summed E-state index contributed by atoms with van der Waals surface area (Å²) in [5.41, 5.74) is -0.694. The van der Waals surface area contributed by atoms with Gasteiger partial charge in [0, 0.05) is 22.7 Å². The van der Waals surface area contributed by atoms with Crippen LogP contribution in [0.2, 0.25) is 0 Å². The Labute approximate surface area is 119 Å². The molecule has 0 aliphatic carbocycles. The molecular weight excluding hydrogens is 262 g/mol. The SMILES string of the molecule is [2H]C1CCN(Cc2ccccc2)C([2H])([2H])C1(C)NS(N)(=O)=O. The maximum atomic E-state index is 11.4. The molecule has 1 aromatic carbocycles. The van der Waals surface area contributed by atoms with Crippen molar-refractivity contribution in [1.29, 1.82) is 0 Å². The van der Waals surface area contributed by atoms with Crippen LogP contribution in [0, 0.1) is 0 Å². The van der Waals surface area contributed by atoms with Crippen molar-refractivity contribution >= 4 is 10.2 Å². The van der Waals surface area contributed by atoms with E-state index in [1.165, 1.54) is 6.92 Å². The topological polar surface area (TPSA) is 75.4 Å². The molecule has 0 aromatic heterocycles. The highest BCUT2D eigenvalue weighted by Crippen LogP contribution is 2.22. The predicted octanol–water partition coefficient (Wildman–Crippen LogP) is 0.834. The number of hydrogen-bond donors (Lipinski definition) is 2. The van der Waals surface area contributed by atoms with Crippen LogP contribution in [0.4, 0.5) is 0 Å². The fourth-order valence-electron chi connectivity index (χ4n) is 2.22. The molecule has 19 heavy (non-hydrogen) atoms. The summed E-state index contributed by atoms with van der Waals surface area (Å²) >= 11 is 0. The van der Waals surface area contributed by atoms with Crippen molar-refractivity contribution in [3.8, 4) is 0 Å². The Morgan fingerprint density at radius 2 is 2.16 bits per heavy atom. The second kappa shape index (κ2) is 5.58. The van der Waals surface area contributed by atoms with Crippen molar-refractivity contribution in [2.75, 3.05) is 13.0 Å². The van der Waals surface area contributed by atoms with Gasteiger partial charge in [-0.2, -0.15) is 13.1 Å². The van der Waals surface area contributed by atoms with Gasteiger partial charge in [-0.25, -0.2) is 5.14 Å². The number of benzene rings is 1. The highest BCUT2D eigenvalue weighted by atomic mass is 32.2. The van der Waals surface area contributed by atoms with Gasteiger partial charge in [0.1, 0.15) is 0 Å². The zero-order valence-corrected chi connectivity index (χ0v) is 11.7. The molecule has 0 bridgehead atoms. The Morgan fingerprint density at radius 1 is 1.47 bits per heavy atom. The minimum absolute atomic E-state index is 0.336. The number of nitrogens with two attached hydrogens (primary N) is 1. The summed E-state index contributed by atoms with van der Waals surface area (Å²) in [4.78, 5) is 1.55. The molecular formula is C13H21N3O2S. The molecule has 1 fully saturated rings. The molecule has 1 heterocycles. The molecule has 0 radical (unpaired) electrons. The van der Waals surface area contributed by atoms with Crippen molar-refractivity contribution < 1.29 is 12.5 Å². The van der Waals surface area contributed by atoms with Gasteiger partial charge < -0.3 is 0 Å². The molecule has 0 spiro atoms. The third kappa shape index (κ3) is 4.58. The van der Waals surface area contributed by atoms with Crippen molar-refractivity contribution in [3.05, 3.63) is 35.9 Å². The smallest absolute Gasteiger partial charge is 0.274 e. The van der Waals surface area contributed by atoms with Gasteiger partial charge in [0.25, 0.3) is 10.2 Å². The van der Waals surface area contributed by atoms with Crippen molar-refractivity contribution in [3.63, 3.8) is 0 Å². The molecule has 1 saturated heterocycles. The third-order valence-corrected chi connectivity index (χ3v) is 3.62. The first kappa shape index (κ1) is 10.8. The summed E-state index contributed by atoms with van der Waals surface area (Å²) in [6.45, 7) is 0.0621. The van der Waals surface area contributed by atoms with Crippen LogP contribution in [0.5, 0.6) is 0 Å². The van der Waals surface area contributed by atoms with Gasteiger partial charge in [-0.3, -0.25) is 4.90 Å². The van der Waals surface area contributed by atoms with E-state index in [-0.39, 0.29) is 0 Å². The number of rotatable bonds is 4. The summed E-state index contributed by atoms with van der Waals surface area (Å²) in [5, 5.41) is 5.03. The summed E-state index contributed by atoms with van der Waals surface area (Å²) in [6, 6.07) is 9.37. The lowest BCUT2D eigenvalue weighted by Gasteiger charge is -2.40. The summed E-state index contributed by atoms with van der Waals surface area (Å²) in [6.07, 6.45) is -0.571. The normalized spacial score (nSPS) is 34.2. The van der Waals surface area contributed by atoms with Crippen LogP contribution in [0.1, 0.15) is 29.4 Å². The predicted molar refractivity (Wildman–Crippen MR) is 75.6 cm³/mol. The van der Waals surface area contributed by atoms with Gasteiger partial charge in [-0.05, 0) is 31.8 Å². The van der Waals surface area contributed by atoms with Gasteiger partial charge in [-0.15, -0.1) is 0 Å². The van der Waals surface area contributed by atoms with E-state index >= 15 is 0 Å². The van der Waals surface area contributed by atoms with Crippen LogP contribution in [0.3, 0.4) is 0 Å². The summed E-state index contributed by atoms with van der Waals surface area (Å²) in [7, 11) is -4.12. The Balaban J connectivity index is 2.31. The van der Waals surface area contributed by atoms with Gasteiger partial charge in [0.2, 0.25) is 0 Å². The Kier molecular flexibility index (Phi) is 3.17. The number of nitrogens with one attached hydrogen (secondary N) is 1. The zero-order valence-electron chi connectivity index (χ0n) is 13.8. The van der Waals surface area contributed by atoms with E-state index in [9.17, 15) is 8.42 Å². The molecule has 6 heteroatoms. The minimum Gasteiger partial charge on any atom is -0.297 e.